The molecule has 1 aliphatic heterocycles. The van der Waals surface area contributed by atoms with Crippen molar-refractivity contribution in [2.45, 2.75) is 4.90 Å². The van der Waals surface area contributed by atoms with Gasteiger partial charge in [0, 0.05) is 12.4 Å². The molecule has 0 aromatic carbocycles. The first-order valence-electron chi connectivity index (χ1n) is 4.34. The van der Waals surface area contributed by atoms with Gasteiger partial charge in [-0.25, -0.2) is 10.5 Å². The molecule has 0 aliphatic carbocycles. The van der Waals surface area contributed by atoms with E-state index < -0.39 is 0 Å². The Morgan fingerprint density at radius 3 is 3.47 bits per heavy atom. The van der Waals surface area contributed by atoms with Crippen molar-refractivity contribution in [1.82, 2.24) is 15.2 Å². The molecule has 78 valence electrons. The van der Waals surface area contributed by atoms with Gasteiger partial charge in [-0.2, -0.15) is 0 Å². The second-order valence-corrected chi connectivity index (χ2v) is 3.56. The molecule has 2 heterocycles. The molecule has 15 heavy (non-hydrogen) atoms. The van der Waals surface area contributed by atoms with Gasteiger partial charge in [-0.05, 0) is 18.0 Å². The van der Waals surface area contributed by atoms with Crippen molar-refractivity contribution in [2.75, 3.05) is 6.61 Å². The normalized spacial score (nSPS) is 13.5. The summed E-state index contributed by atoms with van der Waals surface area (Å²) >= 11 is 1.44. The minimum absolute atomic E-state index is 0.425. The zero-order chi connectivity index (χ0) is 10.5. The minimum atomic E-state index is 0.425. The maximum absolute atomic E-state index is 5.05. The van der Waals surface area contributed by atoms with E-state index in [1.165, 1.54) is 11.9 Å². The lowest BCUT2D eigenvalue weighted by Gasteiger charge is -2.16. The van der Waals surface area contributed by atoms with Crippen molar-refractivity contribution in [3.05, 3.63) is 31.1 Å². The van der Waals surface area contributed by atoms with E-state index in [0.29, 0.717) is 12.6 Å². The molecule has 1 aromatic heterocycles. The zero-order valence-electron chi connectivity index (χ0n) is 7.93. The molecule has 6 heteroatoms. The lowest BCUT2D eigenvalue weighted by Crippen LogP contribution is -2.34. The molecule has 0 fully saturated rings. The van der Waals surface area contributed by atoms with Crippen LogP contribution in [0.5, 0.6) is 0 Å². The van der Waals surface area contributed by atoms with E-state index in [9.17, 15) is 0 Å². The second-order valence-electron chi connectivity index (χ2n) is 2.71. The molecule has 5 nitrogen and oxygen atoms in total. The van der Waals surface area contributed by atoms with Gasteiger partial charge < -0.3 is 0 Å². The van der Waals surface area contributed by atoms with Crippen LogP contribution in [-0.2, 0) is 4.84 Å². The molecular formula is C9H10N4OS. The van der Waals surface area contributed by atoms with Crippen molar-refractivity contribution in [3.63, 3.8) is 0 Å². The molecule has 0 spiro atoms. The fourth-order valence-corrected chi connectivity index (χ4v) is 1.63. The first kappa shape index (κ1) is 10.0. The van der Waals surface area contributed by atoms with E-state index >= 15 is 0 Å². The maximum Gasteiger partial charge on any atom is 0.231 e. The molecule has 0 amide bonds. The van der Waals surface area contributed by atoms with E-state index in [0.717, 1.165) is 10.6 Å². The maximum atomic E-state index is 5.05. The number of hydrogen-bond donors (Lipinski definition) is 2. The topological polar surface area (TPSA) is 58.5 Å². The summed E-state index contributed by atoms with van der Waals surface area (Å²) in [6.07, 6.45) is 5.12. The zero-order valence-corrected chi connectivity index (χ0v) is 8.75. The predicted molar refractivity (Wildman–Crippen MR) is 59.6 cm³/mol. The third-order valence-electron chi connectivity index (χ3n) is 1.62. The van der Waals surface area contributed by atoms with Crippen molar-refractivity contribution in [3.8, 4) is 0 Å². The number of pyridine rings is 1. The van der Waals surface area contributed by atoms with Crippen LogP contribution in [0.1, 0.15) is 0 Å². The number of hydrogen-bond acceptors (Lipinski definition) is 6. The van der Waals surface area contributed by atoms with Crippen molar-refractivity contribution >= 4 is 23.6 Å². The third kappa shape index (κ3) is 2.48. The molecule has 0 saturated heterocycles. The minimum Gasteiger partial charge on any atom is -0.294 e. The fourth-order valence-electron chi connectivity index (χ4n) is 1.00. The van der Waals surface area contributed by atoms with Gasteiger partial charge in [0.2, 0.25) is 5.96 Å². The summed E-state index contributed by atoms with van der Waals surface area (Å²) in [6.45, 7) is 3.97. The Morgan fingerprint density at radius 1 is 1.67 bits per heavy atom. The number of nitrogens with one attached hydrogen (secondary N) is 2. The largest absolute Gasteiger partial charge is 0.294 e. The van der Waals surface area contributed by atoms with Crippen LogP contribution < -0.4 is 10.2 Å². The summed E-state index contributed by atoms with van der Waals surface area (Å²) in [5.74, 6) is 0.570. The summed E-state index contributed by atoms with van der Waals surface area (Å²) in [6, 6.07) is 1.85. The lowest BCUT2D eigenvalue weighted by atomic mass is 10.4. The van der Waals surface area contributed by atoms with E-state index in [1.807, 2.05) is 6.07 Å². The SMILES string of the molecule is C=CCONC1=Nc2ccncc2SN1. The highest BCUT2D eigenvalue weighted by Crippen LogP contribution is 2.29. The molecule has 0 bridgehead atoms. The van der Waals surface area contributed by atoms with Gasteiger partial charge in [-0.15, -0.1) is 6.58 Å². The van der Waals surface area contributed by atoms with Crippen molar-refractivity contribution in [1.29, 1.82) is 0 Å². The number of hydroxylamine groups is 1. The summed E-state index contributed by atoms with van der Waals surface area (Å²) in [7, 11) is 0. The highest BCUT2D eigenvalue weighted by molar-refractivity contribution is 7.98. The van der Waals surface area contributed by atoms with Crippen LogP contribution in [0, 0.1) is 0 Å². The fraction of sp³-hybridized carbons (Fsp3) is 0.111. The molecule has 2 N–H and O–H groups in total. The quantitative estimate of drug-likeness (QED) is 0.350. The average molecular weight is 222 g/mol. The smallest absolute Gasteiger partial charge is 0.231 e. The van der Waals surface area contributed by atoms with Gasteiger partial charge in [0.25, 0.3) is 0 Å². The standard InChI is InChI=1S/C9H10N4OS/c1-2-5-14-12-9-11-7-3-4-10-6-8(7)15-13-9/h2-4,6H,1,5H2,(H2,11,12,13). The molecule has 0 atom stereocenters. The number of fused-ring (bicyclic) bond motifs is 1. The van der Waals surface area contributed by atoms with Crippen LogP contribution in [0.3, 0.4) is 0 Å². The van der Waals surface area contributed by atoms with Crippen molar-refractivity contribution < 1.29 is 4.84 Å². The van der Waals surface area contributed by atoms with Crippen LogP contribution in [-0.4, -0.2) is 17.6 Å². The second kappa shape index (κ2) is 4.81. The number of aromatic nitrogens is 1. The van der Waals surface area contributed by atoms with Gasteiger partial charge >= 0.3 is 0 Å². The van der Waals surface area contributed by atoms with Gasteiger partial charge in [0.15, 0.2) is 0 Å². The van der Waals surface area contributed by atoms with Crippen LogP contribution in [0.2, 0.25) is 0 Å². The summed E-state index contributed by atoms with van der Waals surface area (Å²) in [5, 5.41) is 0. The highest BCUT2D eigenvalue weighted by Gasteiger charge is 2.11. The molecule has 1 aromatic rings. The molecule has 2 rings (SSSR count). The van der Waals surface area contributed by atoms with Crippen LogP contribution in [0.4, 0.5) is 5.69 Å². The first-order valence-corrected chi connectivity index (χ1v) is 5.16. The Morgan fingerprint density at radius 2 is 2.60 bits per heavy atom. The molecule has 0 unspecified atom stereocenters. The van der Waals surface area contributed by atoms with Crippen molar-refractivity contribution in [2.24, 2.45) is 4.99 Å². The van der Waals surface area contributed by atoms with Gasteiger partial charge in [0.05, 0.1) is 17.2 Å². The van der Waals surface area contributed by atoms with E-state index in [-0.39, 0.29) is 0 Å². The van der Waals surface area contributed by atoms with Crippen LogP contribution >= 0.6 is 11.9 Å². The van der Waals surface area contributed by atoms with Crippen LogP contribution in [0.15, 0.2) is 41.0 Å². The lowest BCUT2D eigenvalue weighted by molar-refractivity contribution is 0.109. The molecular weight excluding hydrogens is 212 g/mol. The Bertz CT molecular complexity index is 393. The Hall–Kier alpha value is -1.53. The van der Waals surface area contributed by atoms with E-state index in [4.69, 9.17) is 4.84 Å². The summed E-state index contributed by atoms with van der Waals surface area (Å²) < 4.78 is 2.99. The predicted octanol–water partition coefficient (Wildman–Crippen LogP) is 1.39. The van der Waals surface area contributed by atoms with Gasteiger partial charge in [-0.1, -0.05) is 6.08 Å². The van der Waals surface area contributed by atoms with Crippen LogP contribution in [0.25, 0.3) is 0 Å². The number of aliphatic imine (C=N–C) groups is 1. The molecule has 0 radical (unpaired) electrons. The Balaban J connectivity index is 2.05. The van der Waals surface area contributed by atoms with E-state index in [2.05, 4.69) is 26.8 Å². The first-order chi connectivity index (χ1) is 7.40. The van der Waals surface area contributed by atoms with Gasteiger partial charge in [0.1, 0.15) is 0 Å². The average Bonchev–Trinajstić information content (AvgIpc) is 2.29. The monoisotopic (exact) mass is 222 g/mol. The third-order valence-corrected chi connectivity index (χ3v) is 2.45. The Kier molecular flexibility index (Phi) is 3.21. The number of guanidine groups is 1. The molecule has 1 aliphatic rings. The highest BCUT2D eigenvalue weighted by atomic mass is 32.2. The molecule has 0 saturated carbocycles. The summed E-state index contributed by atoms with van der Waals surface area (Å²) in [4.78, 5) is 14.3. The van der Waals surface area contributed by atoms with Gasteiger partial charge in [-0.3, -0.25) is 14.5 Å². The number of nitrogens with zero attached hydrogens (tertiary/aromatic N) is 2. The van der Waals surface area contributed by atoms with E-state index in [1.54, 1.807) is 18.5 Å². The number of rotatable bonds is 3. The Labute approximate surface area is 91.7 Å². The summed E-state index contributed by atoms with van der Waals surface area (Å²) in [5.41, 5.74) is 3.56.